The van der Waals surface area contributed by atoms with Crippen LogP contribution in [0.15, 0.2) is 36.9 Å². The largest absolute Gasteiger partial charge is 0.358 e. The van der Waals surface area contributed by atoms with E-state index in [1.807, 2.05) is 6.08 Å². The van der Waals surface area contributed by atoms with E-state index in [2.05, 4.69) is 41.1 Å². The molecule has 0 amide bonds. The van der Waals surface area contributed by atoms with Crippen LogP contribution in [0.3, 0.4) is 0 Å². The van der Waals surface area contributed by atoms with Crippen molar-refractivity contribution >= 4 is 10.9 Å². The molecule has 2 heterocycles. The minimum atomic E-state index is 0.692. The quantitative estimate of drug-likeness (QED) is 0.791. The number of H-pyrrole nitrogens is 1. The number of aromatic amines is 1. The topological polar surface area (TPSA) is 27.8 Å². The van der Waals surface area contributed by atoms with Crippen LogP contribution in [0.2, 0.25) is 0 Å². The molecule has 94 valence electrons. The van der Waals surface area contributed by atoms with Gasteiger partial charge in [0.05, 0.1) is 0 Å². The number of nitrogens with one attached hydrogen (secondary N) is 2. The van der Waals surface area contributed by atoms with Gasteiger partial charge < -0.3 is 10.3 Å². The van der Waals surface area contributed by atoms with Crippen molar-refractivity contribution in [3.63, 3.8) is 0 Å². The van der Waals surface area contributed by atoms with E-state index in [1.165, 1.54) is 35.0 Å². The number of benzene rings is 1. The molecule has 2 nitrogen and oxygen atoms in total. The lowest BCUT2D eigenvalue weighted by Crippen LogP contribution is -2.26. The molecule has 0 saturated carbocycles. The summed E-state index contributed by atoms with van der Waals surface area (Å²) in [6, 6.07) is 8.66. The molecule has 1 aliphatic rings. The lowest BCUT2D eigenvalue weighted by Gasteiger charge is -2.23. The third-order valence-corrected chi connectivity index (χ3v) is 3.92. The fourth-order valence-corrected chi connectivity index (χ4v) is 3.10. The van der Waals surface area contributed by atoms with Gasteiger partial charge in [-0.25, -0.2) is 0 Å². The molecule has 0 aliphatic carbocycles. The highest BCUT2D eigenvalue weighted by Crippen LogP contribution is 2.34. The van der Waals surface area contributed by atoms with E-state index < -0.39 is 0 Å². The van der Waals surface area contributed by atoms with E-state index in [9.17, 15) is 0 Å². The molecule has 0 atom stereocenters. The fraction of sp³-hybridized carbons (Fsp3) is 0.375. The van der Waals surface area contributed by atoms with Gasteiger partial charge in [0.1, 0.15) is 0 Å². The number of rotatable bonds is 3. The smallest absolute Gasteiger partial charge is 0.0459 e. The Hall–Kier alpha value is -1.54. The number of piperidine rings is 1. The highest BCUT2D eigenvalue weighted by atomic mass is 14.9. The van der Waals surface area contributed by atoms with Crippen molar-refractivity contribution in [3.8, 4) is 0 Å². The molecule has 2 heteroatoms. The van der Waals surface area contributed by atoms with Gasteiger partial charge in [-0.3, -0.25) is 0 Å². The standard InChI is InChI=1S/C16H20N2/c1-2-5-15-16(12-8-10-17-11-9-12)13-6-3-4-7-14(13)18-15/h2-4,6-7,12,17-18H,1,5,8-11H2. The zero-order valence-corrected chi connectivity index (χ0v) is 10.7. The average molecular weight is 240 g/mol. The van der Waals surface area contributed by atoms with Gasteiger partial charge in [0.25, 0.3) is 0 Å². The summed E-state index contributed by atoms with van der Waals surface area (Å²) in [6.07, 6.45) is 5.42. The SMILES string of the molecule is C=CCc1[nH]c2ccccc2c1C1CCNCC1. The highest BCUT2D eigenvalue weighted by molar-refractivity contribution is 5.85. The number of fused-ring (bicyclic) bond motifs is 1. The maximum atomic E-state index is 3.88. The summed E-state index contributed by atoms with van der Waals surface area (Å²) in [5.41, 5.74) is 4.16. The predicted octanol–water partition coefficient (Wildman–Crippen LogP) is 3.36. The third kappa shape index (κ3) is 1.97. The van der Waals surface area contributed by atoms with E-state index in [0.29, 0.717) is 5.92 Å². The average Bonchev–Trinajstić information content (AvgIpc) is 2.78. The minimum absolute atomic E-state index is 0.692. The normalized spacial score (nSPS) is 17.1. The zero-order chi connectivity index (χ0) is 12.4. The molecule has 0 bridgehead atoms. The van der Waals surface area contributed by atoms with E-state index in [1.54, 1.807) is 0 Å². The van der Waals surface area contributed by atoms with Crippen molar-refractivity contribution in [2.24, 2.45) is 0 Å². The van der Waals surface area contributed by atoms with Crippen LogP contribution in [0.5, 0.6) is 0 Å². The van der Waals surface area contributed by atoms with Crippen LogP contribution in [0.4, 0.5) is 0 Å². The molecule has 1 saturated heterocycles. The maximum Gasteiger partial charge on any atom is 0.0459 e. The molecule has 3 rings (SSSR count). The molecule has 1 aliphatic heterocycles. The summed E-state index contributed by atoms with van der Waals surface area (Å²) in [5.74, 6) is 0.692. The van der Waals surface area contributed by atoms with Crippen LogP contribution < -0.4 is 5.32 Å². The van der Waals surface area contributed by atoms with Crippen molar-refractivity contribution in [2.75, 3.05) is 13.1 Å². The van der Waals surface area contributed by atoms with Crippen molar-refractivity contribution in [1.82, 2.24) is 10.3 Å². The van der Waals surface area contributed by atoms with Gasteiger partial charge in [-0.15, -0.1) is 6.58 Å². The number of hydrogen-bond acceptors (Lipinski definition) is 1. The summed E-state index contributed by atoms with van der Waals surface area (Å²) >= 11 is 0. The number of aromatic nitrogens is 1. The minimum Gasteiger partial charge on any atom is -0.358 e. The Bertz CT molecular complexity index is 547. The molecule has 2 aromatic rings. The van der Waals surface area contributed by atoms with Crippen LogP contribution in [-0.4, -0.2) is 18.1 Å². The van der Waals surface area contributed by atoms with Crippen molar-refractivity contribution < 1.29 is 0 Å². The van der Waals surface area contributed by atoms with Gasteiger partial charge in [-0.05, 0) is 43.5 Å². The summed E-state index contributed by atoms with van der Waals surface area (Å²) in [4.78, 5) is 3.57. The monoisotopic (exact) mass is 240 g/mol. The first kappa shape index (κ1) is 11.5. The van der Waals surface area contributed by atoms with Crippen LogP contribution in [-0.2, 0) is 6.42 Å². The number of allylic oxidation sites excluding steroid dienone is 1. The molecule has 0 radical (unpaired) electrons. The summed E-state index contributed by atoms with van der Waals surface area (Å²) in [6.45, 7) is 6.15. The Morgan fingerprint density at radius 2 is 2.00 bits per heavy atom. The van der Waals surface area contributed by atoms with Crippen molar-refractivity contribution in [3.05, 3.63) is 48.2 Å². The Morgan fingerprint density at radius 1 is 1.22 bits per heavy atom. The molecular formula is C16H20N2. The first-order valence-corrected chi connectivity index (χ1v) is 6.81. The molecule has 1 fully saturated rings. The van der Waals surface area contributed by atoms with Gasteiger partial charge in [0.15, 0.2) is 0 Å². The van der Waals surface area contributed by atoms with Crippen LogP contribution >= 0.6 is 0 Å². The second kappa shape index (κ2) is 4.99. The molecule has 1 aromatic heterocycles. The Balaban J connectivity index is 2.10. The molecule has 1 aromatic carbocycles. The van der Waals surface area contributed by atoms with Crippen molar-refractivity contribution in [1.29, 1.82) is 0 Å². The van der Waals surface area contributed by atoms with Gasteiger partial charge >= 0.3 is 0 Å². The van der Waals surface area contributed by atoms with Gasteiger partial charge in [-0.2, -0.15) is 0 Å². The molecular weight excluding hydrogens is 220 g/mol. The summed E-state index contributed by atoms with van der Waals surface area (Å²) < 4.78 is 0. The van der Waals surface area contributed by atoms with Crippen LogP contribution in [0.25, 0.3) is 10.9 Å². The van der Waals surface area contributed by atoms with E-state index >= 15 is 0 Å². The maximum absolute atomic E-state index is 3.88. The Kier molecular flexibility index (Phi) is 3.20. The van der Waals surface area contributed by atoms with Crippen LogP contribution in [0.1, 0.15) is 30.0 Å². The molecule has 0 spiro atoms. The molecule has 0 unspecified atom stereocenters. The predicted molar refractivity (Wildman–Crippen MR) is 77.0 cm³/mol. The van der Waals surface area contributed by atoms with Gasteiger partial charge in [0, 0.05) is 23.0 Å². The first-order valence-electron chi connectivity index (χ1n) is 6.81. The Labute approximate surface area is 108 Å². The lowest BCUT2D eigenvalue weighted by molar-refractivity contribution is 0.460. The Morgan fingerprint density at radius 3 is 2.78 bits per heavy atom. The van der Waals surface area contributed by atoms with Crippen LogP contribution in [0, 0.1) is 0 Å². The fourth-order valence-electron chi connectivity index (χ4n) is 3.10. The first-order chi connectivity index (χ1) is 8.90. The number of hydrogen-bond donors (Lipinski definition) is 2. The van der Waals surface area contributed by atoms with Gasteiger partial charge in [-0.1, -0.05) is 24.3 Å². The second-order valence-corrected chi connectivity index (χ2v) is 5.08. The number of para-hydroxylation sites is 1. The van der Waals surface area contributed by atoms with E-state index in [4.69, 9.17) is 0 Å². The molecule has 18 heavy (non-hydrogen) atoms. The van der Waals surface area contributed by atoms with Crippen molar-refractivity contribution in [2.45, 2.75) is 25.2 Å². The summed E-state index contributed by atoms with van der Waals surface area (Å²) in [7, 11) is 0. The van der Waals surface area contributed by atoms with E-state index in [-0.39, 0.29) is 0 Å². The highest BCUT2D eigenvalue weighted by Gasteiger charge is 2.21. The lowest BCUT2D eigenvalue weighted by atomic mass is 9.87. The summed E-state index contributed by atoms with van der Waals surface area (Å²) in [5, 5.41) is 4.85. The van der Waals surface area contributed by atoms with Gasteiger partial charge in [0.2, 0.25) is 0 Å². The van der Waals surface area contributed by atoms with E-state index in [0.717, 1.165) is 19.5 Å². The zero-order valence-electron chi connectivity index (χ0n) is 10.7. The molecule has 2 N–H and O–H groups in total. The second-order valence-electron chi connectivity index (χ2n) is 5.08. The third-order valence-electron chi connectivity index (χ3n) is 3.92.